The molecule has 4 aromatic rings. The molecule has 0 unspecified atom stereocenters. The topological polar surface area (TPSA) is 52.1 Å². The van der Waals surface area contributed by atoms with Gasteiger partial charge in [-0.25, -0.2) is 9.97 Å². The molecule has 0 atom stereocenters. The van der Waals surface area contributed by atoms with Crippen LogP contribution in [0, 0.1) is 13.8 Å². The summed E-state index contributed by atoms with van der Waals surface area (Å²) in [6.07, 6.45) is 0. The Hall–Kier alpha value is -2.62. The van der Waals surface area contributed by atoms with Crippen LogP contribution in [-0.2, 0) is 0 Å². The molecule has 2 heterocycles. The number of hydrogen-bond acceptors (Lipinski definition) is 4. The molecule has 0 bridgehead atoms. The van der Waals surface area contributed by atoms with Crippen molar-refractivity contribution < 1.29 is 8.83 Å². The van der Waals surface area contributed by atoms with Crippen LogP contribution in [0.15, 0.2) is 45.2 Å². The van der Waals surface area contributed by atoms with E-state index in [1.165, 1.54) is 5.56 Å². The highest BCUT2D eigenvalue weighted by Crippen LogP contribution is 2.28. The molecule has 0 spiro atoms. The molecule has 0 fully saturated rings. The second kappa shape index (κ2) is 3.93. The first-order valence-electron chi connectivity index (χ1n) is 6.44. The minimum Gasteiger partial charge on any atom is -0.441 e. The molecule has 0 aliphatic rings. The van der Waals surface area contributed by atoms with Crippen molar-refractivity contribution in [2.75, 3.05) is 0 Å². The lowest BCUT2D eigenvalue weighted by Crippen LogP contribution is -1.77. The summed E-state index contributed by atoms with van der Waals surface area (Å²) in [7, 11) is 0. The number of aryl methyl sites for hydroxylation is 2. The van der Waals surface area contributed by atoms with Crippen molar-refractivity contribution in [2.45, 2.75) is 13.8 Å². The van der Waals surface area contributed by atoms with Gasteiger partial charge in [0.25, 0.3) is 0 Å². The SMILES string of the molecule is Cc1ccc(-c2nc3cc4nc(C)oc4cc3o2)cc1. The predicted molar refractivity (Wildman–Crippen MR) is 76.5 cm³/mol. The molecule has 0 aliphatic heterocycles. The summed E-state index contributed by atoms with van der Waals surface area (Å²) in [5.41, 5.74) is 5.21. The Kier molecular flexibility index (Phi) is 2.21. The molecule has 0 saturated heterocycles. The van der Waals surface area contributed by atoms with Crippen LogP contribution < -0.4 is 0 Å². The van der Waals surface area contributed by atoms with E-state index in [2.05, 4.69) is 16.9 Å². The van der Waals surface area contributed by atoms with E-state index in [0.29, 0.717) is 17.4 Å². The van der Waals surface area contributed by atoms with Gasteiger partial charge in [-0.2, -0.15) is 0 Å². The third kappa shape index (κ3) is 1.69. The fourth-order valence-electron chi connectivity index (χ4n) is 2.28. The summed E-state index contributed by atoms with van der Waals surface area (Å²) < 4.78 is 11.3. The molecule has 2 aromatic heterocycles. The Labute approximate surface area is 115 Å². The summed E-state index contributed by atoms with van der Waals surface area (Å²) in [6.45, 7) is 3.88. The Morgan fingerprint density at radius 3 is 2.30 bits per heavy atom. The molecule has 0 amide bonds. The van der Waals surface area contributed by atoms with Gasteiger partial charge < -0.3 is 8.83 Å². The molecule has 4 heteroatoms. The van der Waals surface area contributed by atoms with Crippen molar-refractivity contribution in [3.63, 3.8) is 0 Å². The van der Waals surface area contributed by atoms with E-state index >= 15 is 0 Å². The third-order valence-electron chi connectivity index (χ3n) is 3.30. The van der Waals surface area contributed by atoms with Gasteiger partial charge >= 0.3 is 0 Å². The van der Waals surface area contributed by atoms with Crippen LogP contribution in [-0.4, -0.2) is 9.97 Å². The van der Waals surface area contributed by atoms with Crippen LogP contribution in [0.2, 0.25) is 0 Å². The summed E-state index contributed by atoms with van der Waals surface area (Å²) in [5, 5.41) is 0. The number of rotatable bonds is 1. The monoisotopic (exact) mass is 264 g/mol. The van der Waals surface area contributed by atoms with E-state index in [9.17, 15) is 0 Å². The Morgan fingerprint density at radius 1 is 0.800 bits per heavy atom. The maximum atomic E-state index is 5.81. The quantitative estimate of drug-likeness (QED) is 0.515. The summed E-state index contributed by atoms with van der Waals surface area (Å²) in [6, 6.07) is 11.8. The Morgan fingerprint density at radius 2 is 1.50 bits per heavy atom. The number of hydrogen-bond donors (Lipinski definition) is 0. The van der Waals surface area contributed by atoms with Crippen LogP contribution in [0.4, 0.5) is 0 Å². The van der Waals surface area contributed by atoms with Crippen LogP contribution in [0.1, 0.15) is 11.5 Å². The molecule has 4 rings (SSSR count). The maximum absolute atomic E-state index is 5.81. The van der Waals surface area contributed by atoms with Crippen molar-refractivity contribution >= 4 is 22.2 Å². The van der Waals surface area contributed by atoms with E-state index in [-0.39, 0.29) is 0 Å². The van der Waals surface area contributed by atoms with Gasteiger partial charge in [-0.1, -0.05) is 17.7 Å². The first-order chi connectivity index (χ1) is 9.69. The predicted octanol–water partition coefficient (Wildman–Crippen LogP) is 4.25. The molecular weight excluding hydrogens is 252 g/mol. The van der Waals surface area contributed by atoms with Gasteiger partial charge in [0.1, 0.15) is 11.0 Å². The van der Waals surface area contributed by atoms with Crippen molar-refractivity contribution in [3.8, 4) is 11.5 Å². The van der Waals surface area contributed by atoms with E-state index in [4.69, 9.17) is 8.83 Å². The molecular formula is C16H12N2O2. The van der Waals surface area contributed by atoms with Gasteiger partial charge in [-0.3, -0.25) is 0 Å². The Bertz CT molecular complexity index is 866. The van der Waals surface area contributed by atoms with Crippen LogP contribution in [0.3, 0.4) is 0 Å². The standard InChI is InChI=1S/C16H12N2O2/c1-9-3-5-11(6-4-9)16-18-13-7-12-14(8-15(13)20-16)19-10(2)17-12/h3-8H,1-2H3. The second-order valence-corrected chi connectivity index (χ2v) is 4.91. The first-order valence-corrected chi connectivity index (χ1v) is 6.44. The molecule has 0 saturated carbocycles. The van der Waals surface area contributed by atoms with Gasteiger partial charge in [-0.15, -0.1) is 0 Å². The van der Waals surface area contributed by atoms with Crippen molar-refractivity contribution in [3.05, 3.63) is 47.9 Å². The largest absolute Gasteiger partial charge is 0.441 e. The van der Waals surface area contributed by atoms with Crippen molar-refractivity contribution in [1.82, 2.24) is 9.97 Å². The summed E-state index contributed by atoms with van der Waals surface area (Å²) in [5.74, 6) is 1.26. The Balaban J connectivity index is 1.91. The number of benzene rings is 2. The van der Waals surface area contributed by atoms with Crippen LogP contribution in [0.25, 0.3) is 33.7 Å². The van der Waals surface area contributed by atoms with E-state index in [1.54, 1.807) is 0 Å². The molecule has 98 valence electrons. The zero-order valence-corrected chi connectivity index (χ0v) is 11.2. The highest BCUT2D eigenvalue weighted by atomic mass is 16.4. The van der Waals surface area contributed by atoms with Gasteiger partial charge in [0.2, 0.25) is 5.89 Å². The molecule has 0 aliphatic carbocycles. The maximum Gasteiger partial charge on any atom is 0.227 e. The fraction of sp³-hybridized carbons (Fsp3) is 0.125. The smallest absolute Gasteiger partial charge is 0.227 e. The van der Waals surface area contributed by atoms with Gasteiger partial charge in [0.05, 0.1) is 0 Å². The second-order valence-electron chi connectivity index (χ2n) is 4.91. The van der Waals surface area contributed by atoms with Crippen LogP contribution in [0.5, 0.6) is 0 Å². The van der Waals surface area contributed by atoms with Gasteiger partial charge in [0, 0.05) is 18.6 Å². The minimum absolute atomic E-state index is 0.615. The number of fused-ring (bicyclic) bond motifs is 2. The average Bonchev–Trinajstić information content (AvgIpc) is 2.97. The highest BCUT2D eigenvalue weighted by molar-refractivity contribution is 5.90. The fourth-order valence-corrected chi connectivity index (χ4v) is 2.28. The average molecular weight is 264 g/mol. The van der Waals surface area contributed by atoms with Crippen molar-refractivity contribution in [1.29, 1.82) is 0 Å². The molecule has 20 heavy (non-hydrogen) atoms. The number of aromatic nitrogens is 2. The van der Waals surface area contributed by atoms with E-state index < -0.39 is 0 Å². The number of oxazole rings is 2. The normalized spacial score (nSPS) is 11.5. The molecule has 4 nitrogen and oxygen atoms in total. The number of nitrogens with zero attached hydrogens (tertiary/aromatic N) is 2. The zero-order chi connectivity index (χ0) is 13.7. The van der Waals surface area contributed by atoms with Gasteiger partial charge in [-0.05, 0) is 25.1 Å². The molecule has 0 radical (unpaired) electrons. The first kappa shape index (κ1) is 11.2. The van der Waals surface area contributed by atoms with Crippen LogP contribution >= 0.6 is 0 Å². The lowest BCUT2D eigenvalue weighted by Gasteiger charge is -1.95. The lowest BCUT2D eigenvalue weighted by atomic mass is 10.1. The molecule has 0 N–H and O–H groups in total. The lowest BCUT2D eigenvalue weighted by molar-refractivity contribution is 0.560. The minimum atomic E-state index is 0.615. The van der Waals surface area contributed by atoms with Crippen molar-refractivity contribution in [2.24, 2.45) is 0 Å². The highest BCUT2D eigenvalue weighted by Gasteiger charge is 2.11. The van der Waals surface area contributed by atoms with E-state index in [1.807, 2.05) is 43.3 Å². The van der Waals surface area contributed by atoms with E-state index in [0.717, 1.165) is 22.2 Å². The summed E-state index contributed by atoms with van der Waals surface area (Å²) in [4.78, 5) is 8.83. The van der Waals surface area contributed by atoms with Gasteiger partial charge in [0.15, 0.2) is 17.1 Å². The summed E-state index contributed by atoms with van der Waals surface area (Å²) >= 11 is 0. The zero-order valence-electron chi connectivity index (χ0n) is 11.2. The molecule has 2 aromatic carbocycles. The third-order valence-corrected chi connectivity index (χ3v) is 3.30.